The maximum absolute atomic E-state index is 13.1. The molecule has 0 radical (unpaired) electrons. The van der Waals surface area contributed by atoms with E-state index in [1.54, 1.807) is 30.3 Å². The summed E-state index contributed by atoms with van der Waals surface area (Å²) in [5.41, 5.74) is 2.37. The third kappa shape index (κ3) is 5.18. The fourth-order valence-electron chi connectivity index (χ4n) is 3.19. The van der Waals surface area contributed by atoms with Gasteiger partial charge < -0.3 is 15.1 Å². The van der Waals surface area contributed by atoms with Crippen LogP contribution in [0.25, 0.3) is 11.0 Å². The van der Waals surface area contributed by atoms with E-state index in [-0.39, 0.29) is 22.2 Å². The first-order chi connectivity index (χ1) is 16.0. The van der Waals surface area contributed by atoms with E-state index in [0.29, 0.717) is 21.8 Å². The molecule has 0 fully saturated rings. The number of carbonyl (C=O) groups excluding carboxylic acids is 2. The molecule has 2 N–H and O–H groups in total. The molecule has 0 atom stereocenters. The lowest BCUT2D eigenvalue weighted by Gasteiger charge is -2.09. The van der Waals surface area contributed by atoms with Crippen LogP contribution in [0.15, 0.2) is 64.3 Å². The van der Waals surface area contributed by atoms with Crippen LogP contribution in [0.1, 0.15) is 40.0 Å². The van der Waals surface area contributed by atoms with Crippen molar-refractivity contribution in [3.63, 3.8) is 0 Å². The van der Waals surface area contributed by atoms with Gasteiger partial charge in [-0.05, 0) is 43.2 Å². The molecule has 0 spiro atoms. The molecule has 2 aromatic carbocycles. The topological polar surface area (TPSA) is 97.1 Å². The summed E-state index contributed by atoms with van der Waals surface area (Å²) in [5, 5.41) is 6.76. The highest BCUT2D eigenvalue weighted by atomic mass is 35.5. The largest absolute Gasteiger partial charge is 0.449 e. The zero-order valence-corrected chi connectivity index (χ0v) is 19.6. The minimum absolute atomic E-state index is 0.0168. The van der Waals surface area contributed by atoms with E-state index in [0.717, 1.165) is 17.7 Å². The number of thioether (sulfide) groups is 1. The summed E-state index contributed by atoms with van der Waals surface area (Å²) in [6.45, 7) is 3.98. The normalized spacial score (nSPS) is 10.9. The van der Waals surface area contributed by atoms with Crippen molar-refractivity contribution in [1.82, 2.24) is 9.97 Å². The lowest BCUT2D eigenvalue weighted by atomic mass is 10.2. The van der Waals surface area contributed by atoms with Gasteiger partial charge in [0.2, 0.25) is 5.76 Å². The van der Waals surface area contributed by atoms with Gasteiger partial charge in [-0.25, -0.2) is 9.97 Å². The zero-order valence-electron chi connectivity index (χ0n) is 18.0. The van der Waals surface area contributed by atoms with Gasteiger partial charge in [0.1, 0.15) is 11.3 Å². The summed E-state index contributed by atoms with van der Waals surface area (Å²) in [5.74, 6) is -0.244. The molecule has 2 amide bonds. The molecule has 4 rings (SSSR count). The molecule has 2 aromatic heterocycles. The minimum atomic E-state index is -0.558. The number of hydrogen-bond donors (Lipinski definition) is 2. The number of aromatic nitrogens is 2. The summed E-state index contributed by atoms with van der Waals surface area (Å²) in [7, 11) is 0. The second-order valence-corrected chi connectivity index (χ2v) is 8.75. The molecule has 9 heteroatoms. The van der Waals surface area contributed by atoms with Crippen LogP contribution < -0.4 is 10.6 Å². The monoisotopic (exact) mass is 480 g/mol. The van der Waals surface area contributed by atoms with Gasteiger partial charge in [-0.1, -0.05) is 54.6 Å². The zero-order chi connectivity index (χ0) is 23.4. The standard InChI is InChI=1S/C24H21ClN4O3S/c1-3-11-33-24-26-13-17(25)20(29-24)22(30)28-19-16-9-4-5-10-18(16)32-21(19)23(31)27-15-8-6-7-14(2)12-15/h4-10,12-13H,3,11H2,1-2H3,(H,27,31)(H,28,30). The van der Waals surface area contributed by atoms with Gasteiger partial charge >= 0.3 is 0 Å². The highest BCUT2D eigenvalue weighted by molar-refractivity contribution is 7.99. The Morgan fingerprint density at radius 3 is 2.70 bits per heavy atom. The Morgan fingerprint density at radius 1 is 1.09 bits per heavy atom. The molecular formula is C24H21ClN4O3S. The second kappa shape index (κ2) is 10.1. The van der Waals surface area contributed by atoms with Crippen LogP contribution in [-0.2, 0) is 0 Å². The Hall–Kier alpha value is -3.36. The number of hydrogen-bond acceptors (Lipinski definition) is 6. The van der Waals surface area contributed by atoms with Crippen LogP contribution >= 0.6 is 23.4 Å². The summed E-state index contributed by atoms with van der Waals surface area (Å²) in [6, 6.07) is 14.5. The maximum Gasteiger partial charge on any atom is 0.293 e. The first-order valence-corrected chi connectivity index (χ1v) is 11.7. The number of carbonyl (C=O) groups is 2. The van der Waals surface area contributed by atoms with Crippen molar-refractivity contribution < 1.29 is 14.0 Å². The molecule has 2 heterocycles. The van der Waals surface area contributed by atoms with Gasteiger partial charge in [-0.2, -0.15) is 0 Å². The van der Waals surface area contributed by atoms with Crippen molar-refractivity contribution in [2.45, 2.75) is 25.4 Å². The number of nitrogens with one attached hydrogen (secondary N) is 2. The molecule has 4 aromatic rings. The Balaban J connectivity index is 1.67. The van der Waals surface area contributed by atoms with E-state index in [1.807, 2.05) is 32.0 Å². The van der Waals surface area contributed by atoms with Crippen molar-refractivity contribution in [2.75, 3.05) is 16.4 Å². The third-order valence-electron chi connectivity index (χ3n) is 4.69. The lowest BCUT2D eigenvalue weighted by Crippen LogP contribution is -2.19. The molecule has 168 valence electrons. The SMILES string of the molecule is CCCSc1ncc(Cl)c(C(=O)Nc2c(C(=O)Nc3cccc(C)c3)oc3ccccc23)n1. The molecule has 0 saturated carbocycles. The quantitative estimate of drug-likeness (QED) is 0.242. The molecular weight excluding hydrogens is 460 g/mol. The third-order valence-corrected chi connectivity index (χ3v) is 6.03. The van der Waals surface area contributed by atoms with Crippen LogP contribution in [0.3, 0.4) is 0 Å². The number of halogens is 1. The van der Waals surface area contributed by atoms with E-state index >= 15 is 0 Å². The van der Waals surface area contributed by atoms with E-state index in [4.69, 9.17) is 16.0 Å². The molecule has 0 saturated heterocycles. The second-order valence-electron chi connectivity index (χ2n) is 7.28. The van der Waals surface area contributed by atoms with Crippen LogP contribution in [0.4, 0.5) is 11.4 Å². The maximum atomic E-state index is 13.1. The van der Waals surface area contributed by atoms with E-state index < -0.39 is 11.8 Å². The number of rotatable bonds is 7. The van der Waals surface area contributed by atoms with Gasteiger partial charge in [0, 0.05) is 16.8 Å². The molecule has 7 nitrogen and oxygen atoms in total. The van der Waals surface area contributed by atoms with Gasteiger partial charge in [0.05, 0.1) is 11.2 Å². The summed E-state index contributed by atoms with van der Waals surface area (Å²) in [6.07, 6.45) is 2.35. The van der Waals surface area contributed by atoms with Crippen LogP contribution in [-0.4, -0.2) is 27.5 Å². The van der Waals surface area contributed by atoms with Crippen molar-refractivity contribution in [3.05, 3.63) is 76.8 Å². The number of anilines is 2. The number of nitrogens with zero attached hydrogens (tertiary/aromatic N) is 2. The van der Waals surface area contributed by atoms with Gasteiger partial charge in [-0.3, -0.25) is 9.59 Å². The molecule has 0 aliphatic heterocycles. The number of aryl methyl sites for hydroxylation is 1. The fraction of sp³-hybridized carbons (Fsp3) is 0.167. The fourth-order valence-corrected chi connectivity index (χ4v) is 4.03. The number of benzene rings is 2. The van der Waals surface area contributed by atoms with Gasteiger partial charge in [0.25, 0.3) is 11.8 Å². The molecule has 0 aliphatic rings. The van der Waals surface area contributed by atoms with Crippen LogP contribution in [0.2, 0.25) is 5.02 Å². The highest BCUT2D eigenvalue weighted by Crippen LogP contribution is 2.32. The van der Waals surface area contributed by atoms with Crippen molar-refractivity contribution >= 4 is 57.5 Å². The van der Waals surface area contributed by atoms with Crippen molar-refractivity contribution in [2.24, 2.45) is 0 Å². The number of fused-ring (bicyclic) bond motifs is 1. The smallest absolute Gasteiger partial charge is 0.293 e. The molecule has 33 heavy (non-hydrogen) atoms. The summed E-state index contributed by atoms with van der Waals surface area (Å²) >= 11 is 7.65. The summed E-state index contributed by atoms with van der Waals surface area (Å²) < 4.78 is 5.81. The Morgan fingerprint density at radius 2 is 1.91 bits per heavy atom. The Labute approximate surface area is 199 Å². The van der Waals surface area contributed by atoms with Crippen molar-refractivity contribution in [1.29, 1.82) is 0 Å². The van der Waals surface area contributed by atoms with Crippen LogP contribution in [0, 0.1) is 6.92 Å². The lowest BCUT2D eigenvalue weighted by molar-refractivity contribution is 0.0999. The minimum Gasteiger partial charge on any atom is -0.449 e. The highest BCUT2D eigenvalue weighted by Gasteiger charge is 2.24. The van der Waals surface area contributed by atoms with E-state index in [1.165, 1.54) is 18.0 Å². The Bertz CT molecular complexity index is 1340. The molecule has 0 bridgehead atoms. The predicted octanol–water partition coefficient (Wildman–Crippen LogP) is 6.19. The van der Waals surface area contributed by atoms with Gasteiger partial charge in [0.15, 0.2) is 10.9 Å². The molecule has 0 aliphatic carbocycles. The number of furan rings is 1. The Kier molecular flexibility index (Phi) is 6.96. The van der Waals surface area contributed by atoms with E-state index in [2.05, 4.69) is 20.6 Å². The number of amides is 2. The average molecular weight is 481 g/mol. The summed E-state index contributed by atoms with van der Waals surface area (Å²) in [4.78, 5) is 34.6. The number of para-hydroxylation sites is 1. The van der Waals surface area contributed by atoms with Crippen molar-refractivity contribution in [3.8, 4) is 0 Å². The van der Waals surface area contributed by atoms with Gasteiger partial charge in [-0.15, -0.1) is 0 Å². The van der Waals surface area contributed by atoms with Crippen LogP contribution in [0.5, 0.6) is 0 Å². The molecule has 0 unspecified atom stereocenters. The first-order valence-electron chi connectivity index (χ1n) is 10.3. The average Bonchev–Trinajstić information content (AvgIpc) is 3.17. The predicted molar refractivity (Wildman–Crippen MR) is 131 cm³/mol. The van der Waals surface area contributed by atoms with E-state index in [9.17, 15) is 9.59 Å². The first kappa shape index (κ1) is 22.8.